The second-order valence-electron chi connectivity index (χ2n) is 3.85. The van der Waals surface area contributed by atoms with Gasteiger partial charge in [0.15, 0.2) is 5.76 Å². The van der Waals surface area contributed by atoms with Crippen LogP contribution in [-0.4, -0.2) is 19.7 Å². The summed E-state index contributed by atoms with van der Waals surface area (Å²) in [7, 11) is 0. The molecule has 0 saturated heterocycles. The number of nitrogens with two attached hydrogens (primary N) is 1. The molecule has 2 N–H and O–H groups in total. The molecular weight excluding hydrogens is 230 g/mol. The lowest BCUT2D eigenvalue weighted by Gasteiger charge is -2.06. The van der Waals surface area contributed by atoms with Crippen molar-refractivity contribution in [3.63, 3.8) is 0 Å². The van der Waals surface area contributed by atoms with Crippen LogP contribution in [0.3, 0.4) is 0 Å². The van der Waals surface area contributed by atoms with Crippen molar-refractivity contribution in [3.8, 4) is 11.3 Å². The first-order valence-electron chi connectivity index (χ1n) is 5.44. The zero-order valence-electron chi connectivity index (χ0n) is 9.52. The third-order valence-corrected chi connectivity index (χ3v) is 2.61. The molecule has 0 amide bonds. The van der Waals surface area contributed by atoms with E-state index in [4.69, 9.17) is 10.3 Å². The van der Waals surface area contributed by atoms with Gasteiger partial charge in [-0.05, 0) is 12.1 Å². The second kappa shape index (κ2) is 4.33. The van der Waals surface area contributed by atoms with E-state index in [-0.39, 0.29) is 0 Å². The normalized spacial score (nSPS) is 10.7. The van der Waals surface area contributed by atoms with Crippen LogP contribution in [0.2, 0.25) is 0 Å². The summed E-state index contributed by atoms with van der Waals surface area (Å²) in [5, 5.41) is 3.68. The molecule has 0 radical (unpaired) electrons. The third kappa shape index (κ3) is 1.95. The average molecular weight is 241 g/mol. The molecule has 18 heavy (non-hydrogen) atoms. The van der Waals surface area contributed by atoms with E-state index in [9.17, 15) is 0 Å². The molecule has 0 atom stereocenters. The van der Waals surface area contributed by atoms with Crippen molar-refractivity contribution in [1.82, 2.24) is 19.7 Å². The van der Waals surface area contributed by atoms with Gasteiger partial charge in [-0.15, -0.1) is 0 Å². The lowest BCUT2D eigenvalue weighted by Crippen LogP contribution is -2.00. The Morgan fingerprint density at radius 2 is 2.22 bits per heavy atom. The predicted molar refractivity (Wildman–Crippen MR) is 65.5 cm³/mol. The first kappa shape index (κ1) is 10.5. The molecule has 0 spiro atoms. The molecule has 0 fully saturated rings. The zero-order chi connectivity index (χ0) is 12.4. The molecular formula is C12H11N5O. The molecule has 3 heterocycles. The van der Waals surface area contributed by atoms with E-state index >= 15 is 0 Å². The largest absolute Gasteiger partial charge is 0.384 e. The summed E-state index contributed by atoms with van der Waals surface area (Å²) >= 11 is 0. The van der Waals surface area contributed by atoms with Crippen LogP contribution in [0.4, 0.5) is 5.82 Å². The van der Waals surface area contributed by atoms with Crippen molar-refractivity contribution in [2.24, 2.45) is 0 Å². The number of aromatic nitrogens is 4. The minimum absolute atomic E-state index is 0.486. The Bertz CT molecular complexity index is 644. The molecule has 0 aliphatic rings. The van der Waals surface area contributed by atoms with Gasteiger partial charge in [-0.2, -0.15) is 0 Å². The van der Waals surface area contributed by atoms with Gasteiger partial charge in [-0.25, -0.2) is 9.97 Å². The summed E-state index contributed by atoms with van der Waals surface area (Å²) in [6.07, 6.45) is 6.83. The Labute approximate surface area is 103 Å². The monoisotopic (exact) mass is 241 g/mol. The Morgan fingerprint density at radius 3 is 3.00 bits per heavy atom. The van der Waals surface area contributed by atoms with Crippen molar-refractivity contribution in [2.45, 2.75) is 6.54 Å². The average Bonchev–Trinajstić information content (AvgIpc) is 3.01. The number of rotatable bonds is 3. The van der Waals surface area contributed by atoms with E-state index in [0.717, 1.165) is 17.0 Å². The molecule has 0 aliphatic carbocycles. The Morgan fingerprint density at radius 1 is 1.28 bits per heavy atom. The second-order valence-corrected chi connectivity index (χ2v) is 3.85. The predicted octanol–water partition coefficient (Wildman–Crippen LogP) is 1.56. The first-order valence-corrected chi connectivity index (χ1v) is 5.44. The maximum atomic E-state index is 5.68. The molecule has 3 aromatic heterocycles. The molecule has 0 saturated carbocycles. The van der Waals surface area contributed by atoms with Gasteiger partial charge in [0.25, 0.3) is 0 Å². The Kier molecular flexibility index (Phi) is 2.53. The number of hydrogen-bond acceptors (Lipinski definition) is 5. The highest BCUT2D eigenvalue weighted by atomic mass is 16.5. The summed E-state index contributed by atoms with van der Waals surface area (Å²) in [6.45, 7) is 0.581. The van der Waals surface area contributed by atoms with Gasteiger partial charge in [0.1, 0.15) is 5.82 Å². The van der Waals surface area contributed by atoms with Crippen LogP contribution in [0.15, 0.2) is 47.6 Å². The van der Waals surface area contributed by atoms with Crippen molar-refractivity contribution in [2.75, 3.05) is 5.73 Å². The molecule has 6 nitrogen and oxygen atoms in total. The van der Waals surface area contributed by atoms with Crippen LogP contribution in [-0.2, 0) is 6.54 Å². The third-order valence-electron chi connectivity index (χ3n) is 2.61. The number of anilines is 1. The van der Waals surface area contributed by atoms with Crippen molar-refractivity contribution < 1.29 is 4.52 Å². The molecule has 3 aromatic rings. The van der Waals surface area contributed by atoms with Crippen molar-refractivity contribution >= 4 is 5.82 Å². The fourth-order valence-electron chi connectivity index (χ4n) is 1.79. The minimum Gasteiger partial charge on any atom is -0.384 e. The number of nitrogens with zero attached hydrogens (tertiary/aromatic N) is 4. The highest BCUT2D eigenvalue weighted by Crippen LogP contribution is 2.20. The fourth-order valence-corrected chi connectivity index (χ4v) is 1.79. The van der Waals surface area contributed by atoms with Crippen LogP contribution in [0, 0.1) is 0 Å². The van der Waals surface area contributed by atoms with Gasteiger partial charge in [0, 0.05) is 17.8 Å². The van der Waals surface area contributed by atoms with Crippen molar-refractivity contribution in [3.05, 3.63) is 48.9 Å². The molecule has 6 heteroatoms. The van der Waals surface area contributed by atoms with Crippen LogP contribution in [0.1, 0.15) is 5.76 Å². The lowest BCUT2D eigenvalue weighted by molar-refractivity contribution is 0.377. The molecule has 0 aromatic carbocycles. The SMILES string of the molecule is Nc1cc(-c2cncn2Cc2ccno2)ccn1. The maximum Gasteiger partial charge on any atom is 0.156 e. The zero-order valence-corrected chi connectivity index (χ0v) is 9.52. The van der Waals surface area contributed by atoms with E-state index in [1.54, 1.807) is 24.9 Å². The van der Waals surface area contributed by atoms with Crippen molar-refractivity contribution in [1.29, 1.82) is 0 Å². The van der Waals surface area contributed by atoms with E-state index in [1.165, 1.54) is 0 Å². The number of imidazole rings is 1. The topological polar surface area (TPSA) is 82.8 Å². The standard InChI is InChI=1S/C12H11N5O/c13-12-5-9(1-3-15-12)11-6-14-8-17(11)7-10-2-4-16-18-10/h1-6,8H,7H2,(H2,13,15). The van der Waals surface area contributed by atoms with Crippen LogP contribution >= 0.6 is 0 Å². The molecule has 0 unspecified atom stereocenters. The highest BCUT2D eigenvalue weighted by Gasteiger charge is 2.07. The van der Waals surface area contributed by atoms with Gasteiger partial charge in [0.05, 0.1) is 31.0 Å². The fraction of sp³-hybridized carbons (Fsp3) is 0.0833. The summed E-state index contributed by atoms with van der Waals surface area (Å²) < 4.78 is 7.05. The number of hydrogen-bond donors (Lipinski definition) is 1. The molecule has 0 aliphatic heterocycles. The highest BCUT2D eigenvalue weighted by molar-refractivity contribution is 5.61. The summed E-state index contributed by atoms with van der Waals surface area (Å²) in [5.74, 6) is 1.26. The van der Waals surface area contributed by atoms with Crippen LogP contribution in [0.25, 0.3) is 11.3 Å². The molecule has 90 valence electrons. The first-order chi connectivity index (χ1) is 8.83. The quantitative estimate of drug-likeness (QED) is 0.752. The van der Waals surface area contributed by atoms with E-state index < -0.39 is 0 Å². The summed E-state index contributed by atoms with van der Waals surface area (Å²) in [6, 6.07) is 5.53. The smallest absolute Gasteiger partial charge is 0.156 e. The minimum atomic E-state index is 0.486. The lowest BCUT2D eigenvalue weighted by atomic mass is 10.2. The van der Waals surface area contributed by atoms with Gasteiger partial charge in [-0.3, -0.25) is 0 Å². The van der Waals surface area contributed by atoms with Crippen LogP contribution in [0.5, 0.6) is 0 Å². The van der Waals surface area contributed by atoms with Gasteiger partial charge < -0.3 is 14.8 Å². The van der Waals surface area contributed by atoms with Gasteiger partial charge in [-0.1, -0.05) is 5.16 Å². The molecule has 3 rings (SSSR count). The Balaban J connectivity index is 1.96. The van der Waals surface area contributed by atoms with E-state index in [1.807, 2.05) is 22.8 Å². The van der Waals surface area contributed by atoms with E-state index in [2.05, 4.69) is 15.1 Å². The van der Waals surface area contributed by atoms with E-state index in [0.29, 0.717) is 12.4 Å². The maximum absolute atomic E-state index is 5.68. The molecule has 0 bridgehead atoms. The number of pyridine rings is 1. The summed E-state index contributed by atoms with van der Waals surface area (Å²) in [5.41, 5.74) is 7.61. The van der Waals surface area contributed by atoms with Gasteiger partial charge in [0.2, 0.25) is 0 Å². The van der Waals surface area contributed by atoms with Gasteiger partial charge >= 0.3 is 0 Å². The Hall–Kier alpha value is -2.63. The summed E-state index contributed by atoms with van der Waals surface area (Å²) in [4.78, 5) is 8.12. The number of nitrogen functional groups attached to an aromatic ring is 1. The van der Waals surface area contributed by atoms with Crippen LogP contribution < -0.4 is 5.73 Å².